The van der Waals surface area contributed by atoms with Gasteiger partial charge in [-0.2, -0.15) is 0 Å². The van der Waals surface area contributed by atoms with Crippen molar-refractivity contribution in [2.24, 2.45) is 23.2 Å². The van der Waals surface area contributed by atoms with E-state index in [4.69, 9.17) is 9.84 Å². The second kappa shape index (κ2) is 7.90. The molecule has 1 saturated heterocycles. The van der Waals surface area contributed by atoms with Gasteiger partial charge in [-0.3, -0.25) is 9.59 Å². The highest BCUT2D eigenvalue weighted by Gasteiger charge is 2.61. The monoisotopic (exact) mass is 448 g/mol. The fourth-order valence-electron chi connectivity index (χ4n) is 5.50. The van der Waals surface area contributed by atoms with Gasteiger partial charge in [0, 0.05) is 25.6 Å². The van der Waals surface area contributed by atoms with Crippen LogP contribution in [0.4, 0.5) is 4.79 Å². The molecular weight excluding hydrogens is 420 g/mol. The van der Waals surface area contributed by atoms with Gasteiger partial charge in [0.2, 0.25) is 5.91 Å². The standard InChI is InChI=1S/C26H28N2O5/c1-26(2,24(31)28-11-19-20(12-28)22(19)23(29)30)14-27-25(32)33-13-21-17-9-5-3-7-15(17)16-8-4-6-10-18(16)21/h3-10,19-22H,11-14H2,1-2H3,(H,27,32)(H,29,30)/t19-,20+,22?. The lowest BCUT2D eigenvalue weighted by Crippen LogP contribution is -2.47. The van der Waals surface area contributed by atoms with E-state index in [1.165, 1.54) is 11.1 Å². The van der Waals surface area contributed by atoms with Crippen LogP contribution in [0.1, 0.15) is 30.9 Å². The Balaban J connectivity index is 1.15. The molecule has 1 heterocycles. The van der Waals surface area contributed by atoms with Gasteiger partial charge in [-0.15, -0.1) is 0 Å². The van der Waals surface area contributed by atoms with Crippen molar-refractivity contribution < 1.29 is 24.2 Å². The van der Waals surface area contributed by atoms with Crippen LogP contribution >= 0.6 is 0 Å². The Morgan fingerprint density at radius 3 is 2.09 bits per heavy atom. The number of fused-ring (bicyclic) bond motifs is 4. The number of aliphatic carboxylic acids is 1. The Labute approximate surface area is 192 Å². The molecule has 0 aromatic heterocycles. The molecule has 2 aromatic carbocycles. The minimum Gasteiger partial charge on any atom is -0.481 e. The zero-order chi connectivity index (χ0) is 23.3. The molecule has 0 bridgehead atoms. The average molecular weight is 449 g/mol. The predicted octanol–water partition coefficient (Wildman–Crippen LogP) is 3.34. The lowest BCUT2D eigenvalue weighted by Gasteiger charge is -2.30. The van der Waals surface area contributed by atoms with Gasteiger partial charge in [0.25, 0.3) is 0 Å². The molecule has 3 aliphatic rings. The summed E-state index contributed by atoms with van der Waals surface area (Å²) < 4.78 is 5.56. The van der Waals surface area contributed by atoms with E-state index >= 15 is 0 Å². The van der Waals surface area contributed by atoms with Crippen LogP contribution in [0.3, 0.4) is 0 Å². The number of carbonyl (C=O) groups excluding carboxylic acids is 2. The summed E-state index contributed by atoms with van der Waals surface area (Å²) in [5.74, 6) is -1.03. The number of rotatable bonds is 6. The van der Waals surface area contributed by atoms with Crippen LogP contribution in [0.25, 0.3) is 11.1 Å². The molecule has 1 saturated carbocycles. The minimum atomic E-state index is -0.804. The van der Waals surface area contributed by atoms with Gasteiger partial charge in [-0.1, -0.05) is 48.5 Å². The van der Waals surface area contributed by atoms with Crippen molar-refractivity contribution in [3.63, 3.8) is 0 Å². The van der Waals surface area contributed by atoms with Crippen LogP contribution in [-0.2, 0) is 14.3 Å². The van der Waals surface area contributed by atoms with E-state index in [1.54, 1.807) is 18.7 Å². The molecule has 1 aliphatic heterocycles. The van der Waals surface area contributed by atoms with Crippen LogP contribution in [0.15, 0.2) is 48.5 Å². The first kappa shape index (κ1) is 21.5. The third kappa shape index (κ3) is 3.75. The highest BCUT2D eigenvalue weighted by atomic mass is 16.5. The molecule has 1 unspecified atom stereocenters. The smallest absolute Gasteiger partial charge is 0.407 e. The summed E-state index contributed by atoms with van der Waals surface area (Å²) in [4.78, 5) is 38.3. The van der Waals surface area contributed by atoms with Crippen LogP contribution in [0.2, 0.25) is 0 Å². The molecule has 5 rings (SSSR count). The van der Waals surface area contributed by atoms with Crippen molar-refractivity contribution in [1.29, 1.82) is 0 Å². The highest BCUT2D eigenvalue weighted by molar-refractivity contribution is 5.84. The Bertz CT molecular complexity index is 1070. The molecule has 2 N–H and O–H groups in total. The second-order valence-electron chi connectivity index (χ2n) is 9.96. The molecule has 3 atom stereocenters. The van der Waals surface area contributed by atoms with Gasteiger partial charge in [-0.05, 0) is 47.9 Å². The van der Waals surface area contributed by atoms with E-state index < -0.39 is 17.5 Å². The Kier molecular flexibility index (Phi) is 5.15. The number of amides is 2. The molecule has 7 heteroatoms. The van der Waals surface area contributed by atoms with E-state index in [1.807, 2.05) is 24.3 Å². The number of carbonyl (C=O) groups is 3. The third-order valence-electron chi connectivity index (χ3n) is 7.36. The summed E-state index contributed by atoms with van der Waals surface area (Å²) >= 11 is 0. The summed E-state index contributed by atoms with van der Waals surface area (Å²) in [6.07, 6.45) is -0.548. The molecule has 2 aliphatic carbocycles. The summed E-state index contributed by atoms with van der Waals surface area (Å²) in [6.45, 7) is 4.91. The average Bonchev–Trinajstić information content (AvgIpc) is 3.16. The van der Waals surface area contributed by atoms with E-state index in [0.29, 0.717) is 13.1 Å². The summed E-state index contributed by atoms with van der Waals surface area (Å²) in [5.41, 5.74) is 3.83. The first-order chi connectivity index (χ1) is 15.8. The van der Waals surface area contributed by atoms with Crippen molar-refractivity contribution in [3.05, 3.63) is 59.7 Å². The largest absolute Gasteiger partial charge is 0.481 e. The van der Waals surface area contributed by atoms with Gasteiger partial charge in [0.1, 0.15) is 6.61 Å². The summed E-state index contributed by atoms with van der Waals surface area (Å²) in [7, 11) is 0. The number of piperidine rings is 1. The van der Waals surface area contributed by atoms with Crippen LogP contribution in [0, 0.1) is 23.2 Å². The fourth-order valence-corrected chi connectivity index (χ4v) is 5.50. The van der Waals surface area contributed by atoms with Gasteiger partial charge in [-0.25, -0.2) is 4.79 Å². The molecule has 2 fully saturated rings. The maximum atomic E-state index is 13.0. The summed E-state index contributed by atoms with van der Waals surface area (Å²) in [6, 6.07) is 16.3. The lowest BCUT2D eigenvalue weighted by molar-refractivity contribution is -0.143. The van der Waals surface area contributed by atoms with Gasteiger partial charge < -0.3 is 20.1 Å². The number of nitrogens with zero attached hydrogens (tertiary/aromatic N) is 1. The topological polar surface area (TPSA) is 95.9 Å². The number of carboxylic acids is 1. The predicted molar refractivity (Wildman–Crippen MR) is 122 cm³/mol. The SMILES string of the molecule is CC(C)(CNC(=O)OCC1c2ccccc2-c2ccccc21)C(=O)N1C[C@@H]2C(C(=O)O)[C@@H]2C1. The molecular formula is C26H28N2O5. The lowest BCUT2D eigenvalue weighted by atomic mass is 9.91. The maximum absolute atomic E-state index is 13.0. The van der Waals surface area contributed by atoms with E-state index in [0.717, 1.165) is 11.1 Å². The highest BCUT2D eigenvalue weighted by Crippen LogP contribution is 2.52. The minimum absolute atomic E-state index is 0.0173. The van der Waals surface area contributed by atoms with Crippen LogP contribution in [-0.4, -0.2) is 54.2 Å². The van der Waals surface area contributed by atoms with Crippen molar-refractivity contribution in [2.45, 2.75) is 19.8 Å². The van der Waals surface area contributed by atoms with Gasteiger partial charge in [0.15, 0.2) is 0 Å². The number of likely N-dealkylation sites (tertiary alicyclic amines) is 1. The normalized spacial score (nSPS) is 22.8. The Morgan fingerprint density at radius 1 is 1.00 bits per heavy atom. The third-order valence-corrected chi connectivity index (χ3v) is 7.36. The molecule has 33 heavy (non-hydrogen) atoms. The van der Waals surface area contributed by atoms with Gasteiger partial charge >= 0.3 is 12.1 Å². The number of nitrogens with one attached hydrogen (secondary N) is 1. The Hall–Kier alpha value is -3.35. The van der Waals surface area contributed by atoms with E-state index in [-0.39, 0.29) is 42.7 Å². The number of hydrogen-bond acceptors (Lipinski definition) is 4. The molecule has 172 valence electrons. The zero-order valence-electron chi connectivity index (χ0n) is 18.8. The fraction of sp³-hybridized carbons (Fsp3) is 0.423. The Morgan fingerprint density at radius 2 is 1.55 bits per heavy atom. The molecule has 2 aromatic rings. The number of ether oxygens (including phenoxy) is 1. The van der Waals surface area contributed by atoms with Crippen molar-refractivity contribution >= 4 is 18.0 Å². The van der Waals surface area contributed by atoms with Crippen LogP contribution in [0.5, 0.6) is 0 Å². The first-order valence-corrected chi connectivity index (χ1v) is 11.4. The summed E-state index contributed by atoms with van der Waals surface area (Å²) in [5, 5.41) is 11.9. The first-order valence-electron chi connectivity index (χ1n) is 11.4. The van der Waals surface area contributed by atoms with Gasteiger partial charge in [0.05, 0.1) is 11.3 Å². The van der Waals surface area contributed by atoms with Crippen molar-refractivity contribution in [2.75, 3.05) is 26.2 Å². The number of hydrogen-bond donors (Lipinski definition) is 2. The number of alkyl carbamates (subject to hydrolysis) is 1. The van der Waals surface area contributed by atoms with Crippen molar-refractivity contribution in [1.82, 2.24) is 10.2 Å². The molecule has 0 radical (unpaired) electrons. The number of carboxylic acid groups (broad SMARTS) is 1. The number of benzene rings is 2. The second-order valence-corrected chi connectivity index (χ2v) is 9.96. The molecule has 7 nitrogen and oxygen atoms in total. The van der Waals surface area contributed by atoms with E-state index in [2.05, 4.69) is 29.6 Å². The molecule has 2 amide bonds. The van der Waals surface area contributed by atoms with Crippen LogP contribution < -0.4 is 5.32 Å². The maximum Gasteiger partial charge on any atom is 0.407 e. The zero-order valence-corrected chi connectivity index (χ0v) is 18.8. The van der Waals surface area contributed by atoms with Crippen molar-refractivity contribution in [3.8, 4) is 11.1 Å². The van der Waals surface area contributed by atoms with E-state index in [9.17, 15) is 14.4 Å². The quantitative estimate of drug-likeness (QED) is 0.707. The molecule has 0 spiro atoms.